The van der Waals surface area contributed by atoms with E-state index < -0.39 is 10.0 Å². The lowest BCUT2D eigenvalue weighted by Gasteiger charge is -2.22. The zero-order valence-corrected chi connectivity index (χ0v) is 11.7. The molecule has 6 nitrogen and oxygen atoms in total. The number of hydrogen-bond acceptors (Lipinski definition) is 5. The van der Waals surface area contributed by atoms with Gasteiger partial charge in [0.25, 0.3) is 0 Å². The molecule has 2 N–H and O–H groups in total. The Hall–Kier alpha value is -1.18. The molecule has 1 aromatic heterocycles. The normalized spacial score (nSPS) is 20.2. The highest BCUT2D eigenvalue weighted by molar-refractivity contribution is 7.89. The predicted octanol–water partition coefficient (Wildman–Crippen LogP) is 0.368. The Morgan fingerprint density at radius 2 is 2.37 bits per heavy atom. The third-order valence-corrected chi connectivity index (χ3v) is 4.60. The first-order chi connectivity index (χ1) is 9.12. The monoisotopic (exact) mass is 285 g/mol. The van der Waals surface area contributed by atoms with Gasteiger partial charge in [0.1, 0.15) is 4.90 Å². The highest BCUT2D eigenvalue weighted by Gasteiger charge is 2.18. The second-order valence-electron chi connectivity index (χ2n) is 4.60. The molecular weight excluding hydrogens is 266 g/mol. The number of methoxy groups -OCH3 is 1. The van der Waals surface area contributed by atoms with Crippen molar-refractivity contribution >= 4 is 10.0 Å². The number of hydrogen-bond donors (Lipinski definition) is 2. The summed E-state index contributed by atoms with van der Waals surface area (Å²) in [5.41, 5.74) is 0. The third-order valence-electron chi connectivity index (χ3n) is 3.19. The molecule has 1 aliphatic rings. The molecule has 1 saturated heterocycles. The molecule has 1 aliphatic heterocycles. The van der Waals surface area contributed by atoms with Gasteiger partial charge < -0.3 is 10.1 Å². The number of aromatic nitrogens is 1. The van der Waals surface area contributed by atoms with Gasteiger partial charge in [0.15, 0.2) is 0 Å². The van der Waals surface area contributed by atoms with Crippen molar-refractivity contribution in [2.24, 2.45) is 5.92 Å². The summed E-state index contributed by atoms with van der Waals surface area (Å²) in [6.45, 7) is 2.34. The standard InChI is InChI=1S/C12H19N3O3S/c1-18-12-5-4-11(9-14-12)19(16,17)15-8-10-3-2-6-13-7-10/h4-5,9-10,13,15H,2-3,6-8H2,1H3. The van der Waals surface area contributed by atoms with Crippen LogP contribution in [0.5, 0.6) is 5.88 Å². The van der Waals surface area contributed by atoms with Crippen molar-refractivity contribution in [3.63, 3.8) is 0 Å². The van der Waals surface area contributed by atoms with Crippen LogP contribution in [0.25, 0.3) is 0 Å². The van der Waals surface area contributed by atoms with E-state index in [2.05, 4.69) is 15.0 Å². The van der Waals surface area contributed by atoms with E-state index in [9.17, 15) is 8.42 Å². The maximum atomic E-state index is 12.1. The Kier molecular flexibility index (Phi) is 4.73. The quantitative estimate of drug-likeness (QED) is 0.817. The van der Waals surface area contributed by atoms with Gasteiger partial charge in [0, 0.05) is 12.6 Å². The predicted molar refractivity (Wildman–Crippen MR) is 71.6 cm³/mol. The van der Waals surface area contributed by atoms with Gasteiger partial charge in [-0.25, -0.2) is 18.1 Å². The van der Waals surface area contributed by atoms with Gasteiger partial charge in [0.05, 0.1) is 13.3 Å². The first-order valence-corrected chi connectivity index (χ1v) is 7.80. The first-order valence-electron chi connectivity index (χ1n) is 6.32. The Balaban J connectivity index is 1.96. The van der Waals surface area contributed by atoms with E-state index in [0.29, 0.717) is 18.3 Å². The average molecular weight is 285 g/mol. The molecule has 1 aromatic rings. The van der Waals surface area contributed by atoms with E-state index in [-0.39, 0.29) is 4.90 Å². The largest absolute Gasteiger partial charge is 0.481 e. The maximum Gasteiger partial charge on any atom is 0.242 e. The summed E-state index contributed by atoms with van der Waals surface area (Å²) >= 11 is 0. The molecule has 106 valence electrons. The zero-order chi connectivity index (χ0) is 13.7. The fourth-order valence-electron chi connectivity index (χ4n) is 2.06. The third kappa shape index (κ3) is 3.89. The van der Waals surface area contributed by atoms with Crippen molar-refractivity contribution in [1.29, 1.82) is 0 Å². The van der Waals surface area contributed by atoms with Crippen LogP contribution < -0.4 is 14.8 Å². The second-order valence-corrected chi connectivity index (χ2v) is 6.37. The van der Waals surface area contributed by atoms with Crippen LogP contribution in [0, 0.1) is 5.92 Å². The van der Waals surface area contributed by atoms with E-state index in [4.69, 9.17) is 4.74 Å². The van der Waals surface area contributed by atoms with Crippen LogP contribution in [0.15, 0.2) is 23.2 Å². The van der Waals surface area contributed by atoms with E-state index in [1.54, 1.807) is 0 Å². The SMILES string of the molecule is COc1ccc(S(=O)(=O)NCC2CCCNC2)cn1. The van der Waals surface area contributed by atoms with Gasteiger partial charge in [-0.15, -0.1) is 0 Å². The summed E-state index contributed by atoms with van der Waals surface area (Å²) in [5.74, 6) is 0.755. The minimum absolute atomic E-state index is 0.164. The summed E-state index contributed by atoms with van der Waals surface area (Å²) in [5, 5.41) is 3.26. The number of nitrogens with one attached hydrogen (secondary N) is 2. The number of pyridine rings is 1. The van der Waals surface area contributed by atoms with Crippen LogP contribution in [0.3, 0.4) is 0 Å². The molecule has 0 spiro atoms. The second kappa shape index (κ2) is 6.31. The smallest absolute Gasteiger partial charge is 0.242 e. The van der Waals surface area contributed by atoms with Crippen molar-refractivity contribution in [1.82, 2.24) is 15.0 Å². The molecular formula is C12H19N3O3S. The molecule has 19 heavy (non-hydrogen) atoms. The first kappa shape index (κ1) is 14.2. The molecule has 2 heterocycles. The van der Waals surface area contributed by atoms with Crippen LogP contribution >= 0.6 is 0 Å². The van der Waals surface area contributed by atoms with E-state index in [0.717, 1.165) is 25.9 Å². The van der Waals surface area contributed by atoms with Crippen molar-refractivity contribution in [3.8, 4) is 5.88 Å². The molecule has 7 heteroatoms. The Morgan fingerprint density at radius 3 is 2.95 bits per heavy atom. The van der Waals surface area contributed by atoms with Crippen LogP contribution in [0.4, 0.5) is 0 Å². The summed E-state index contributed by atoms with van der Waals surface area (Å²) in [7, 11) is -1.99. The minimum atomic E-state index is -3.48. The summed E-state index contributed by atoms with van der Waals surface area (Å²) in [6, 6.07) is 3.03. The van der Waals surface area contributed by atoms with Crippen LogP contribution in [0.2, 0.25) is 0 Å². The van der Waals surface area contributed by atoms with Crippen molar-refractivity contribution in [2.45, 2.75) is 17.7 Å². The van der Waals surface area contributed by atoms with E-state index in [1.807, 2.05) is 0 Å². The molecule has 0 radical (unpaired) electrons. The van der Waals surface area contributed by atoms with Gasteiger partial charge >= 0.3 is 0 Å². The van der Waals surface area contributed by atoms with Crippen LogP contribution in [-0.4, -0.2) is 40.1 Å². The molecule has 0 amide bonds. The van der Waals surface area contributed by atoms with Crippen molar-refractivity contribution in [3.05, 3.63) is 18.3 Å². The molecule has 2 rings (SSSR count). The van der Waals surface area contributed by atoms with Gasteiger partial charge in [-0.1, -0.05) is 0 Å². The number of sulfonamides is 1. The molecule has 1 unspecified atom stereocenters. The topological polar surface area (TPSA) is 80.3 Å². The van der Waals surface area contributed by atoms with Crippen molar-refractivity contribution in [2.75, 3.05) is 26.7 Å². The van der Waals surface area contributed by atoms with E-state index >= 15 is 0 Å². The van der Waals surface area contributed by atoms with Gasteiger partial charge in [0.2, 0.25) is 15.9 Å². The molecule has 1 fully saturated rings. The minimum Gasteiger partial charge on any atom is -0.481 e. The Bertz CT molecular complexity index is 495. The molecule has 1 atom stereocenters. The summed E-state index contributed by atoms with van der Waals surface area (Å²) in [6.07, 6.45) is 3.45. The molecule has 0 bridgehead atoms. The highest BCUT2D eigenvalue weighted by atomic mass is 32.2. The fourth-order valence-corrected chi connectivity index (χ4v) is 3.12. The number of piperidine rings is 1. The summed E-state index contributed by atoms with van der Waals surface area (Å²) < 4.78 is 31.7. The van der Waals surface area contributed by atoms with Crippen LogP contribution in [-0.2, 0) is 10.0 Å². The molecule has 0 aromatic carbocycles. The highest BCUT2D eigenvalue weighted by Crippen LogP contribution is 2.13. The lowest BCUT2D eigenvalue weighted by molar-refractivity contribution is 0.375. The summed E-state index contributed by atoms with van der Waals surface area (Å²) in [4.78, 5) is 4.07. The van der Waals surface area contributed by atoms with Gasteiger partial charge in [-0.05, 0) is 37.9 Å². The Labute approximate surface area is 113 Å². The molecule has 0 aliphatic carbocycles. The van der Waals surface area contributed by atoms with Gasteiger partial charge in [-0.2, -0.15) is 0 Å². The zero-order valence-electron chi connectivity index (χ0n) is 10.9. The van der Waals surface area contributed by atoms with Crippen LogP contribution in [0.1, 0.15) is 12.8 Å². The number of nitrogens with zero attached hydrogens (tertiary/aromatic N) is 1. The van der Waals surface area contributed by atoms with Gasteiger partial charge in [-0.3, -0.25) is 0 Å². The number of rotatable bonds is 5. The lowest BCUT2D eigenvalue weighted by atomic mass is 10.0. The van der Waals surface area contributed by atoms with Crippen molar-refractivity contribution < 1.29 is 13.2 Å². The average Bonchev–Trinajstić information content (AvgIpc) is 2.46. The maximum absolute atomic E-state index is 12.1. The Morgan fingerprint density at radius 1 is 1.53 bits per heavy atom. The number of ether oxygens (including phenoxy) is 1. The van der Waals surface area contributed by atoms with E-state index in [1.165, 1.54) is 25.4 Å². The molecule has 0 saturated carbocycles. The fraction of sp³-hybridized carbons (Fsp3) is 0.583. The lowest BCUT2D eigenvalue weighted by Crippen LogP contribution is -2.38.